The molecule has 1 aromatic carbocycles. The summed E-state index contributed by atoms with van der Waals surface area (Å²) in [6, 6.07) is 6.00. The summed E-state index contributed by atoms with van der Waals surface area (Å²) in [6.07, 6.45) is 7.12. The van der Waals surface area contributed by atoms with Crippen molar-refractivity contribution < 1.29 is 9.47 Å². The van der Waals surface area contributed by atoms with E-state index in [0.29, 0.717) is 13.1 Å². The molecule has 31 heavy (non-hydrogen) atoms. The van der Waals surface area contributed by atoms with Gasteiger partial charge in [0.2, 0.25) is 0 Å². The third kappa shape index (κ3) is 6.35. The second-order valence-corrected chi connectivity index (χ2v) is 7.99. The molecule has 1 aromatic heterocycles. The van der Waals surface area contributed by atoms with Crippen molar-refractivity contribution in [3.05, 3.63) is 35.4 Å². The van der Waals surface area contributed by atoms with Gasteiger partial charge in [0, 0.05) is 19.2 Å². The molecule has 170 valence electrons. The van der Waals surface area contributed by atoms with E-state index in [0.717, 1.165) is 66.9 Å². The lowest BCUT2D eigenvalue weighted by atomic mass is 10.1. The molecule has 1 aliphatic carbocycles. The van der Waals surface area contributed by atoms with E-state index in [1.54, 1.807) is 7.11 Å². The maximum absolute atomic E-state index is 6.35. The highest BCUT2D eigenvalue weighted by Crippen LogP contribution is 2.35. The molecule has 2 N–H and O–H groups in total. The van der Waals surface area contributed by atoms with Crippen LogP contribution in [0.1, 0.15) is 62.7 Å². The van der Waals surface area contributed by atoms with Crippen LogP contribution in [0.25, 0.3) is 0 Å². The van der Waals surface area contributed by atoms with Crippen LogP contribution in [0.2, 0.25) is 0 Å². The summed E-state index contributed by atoms with van der Waals surface area (Å²) >= 11 is 0. The standard InChI is InChI=1S/C23H36N6O2/c1-5-6-14-24-23(26-16-21-28-27-17(2)29(21)3)25-15-18-10-9-13-20(30-4)22(18)31-19-11-7-8-12-19/h9-10,13,19H,5-8,11-12,14-16H2,1-4H3,(H2,24,25,26). The minimum atomic E-state index is 0.262. The molecule has 3 rings (SSSR count). The number of hydrogen-bond donors (Lipinski definition) is 2. The number of hydrogen-bond acceptors (Lipinski definition) is 5. The molecule has 0 radical (unpaired) electrons. The van der Waals surface area contributed by atoms with Crippen LogP contribution in [0.4, 0.5) is 0 Å². The van der Waals surface area contributed by atoms with Gasteiger partial charge in [-0.25, -0.2) is 4.99 Å². The van der Waals surface area contributed by atoms with E-state index in [9.17, 15) is 0 Å². The fraction of sp³-hybridized carbons (Fsp3) is 0.609. The number of benzene rings is 1. The molecular weight excluding hydrogens is 392 g/mol. The molecule has 1 fully saturated rings. The van der Waals surface area contributed by atoms with E-state index < -0.39 is 0 Å². The van der Waals surface area contributed by atoms with Gasteiger partial charge in [-0.3, -0.25) is 0 Å². The first kappa shape index (κ1) is 22.9. The summed E-state index contributed by atoms with van der Waals surface area (Å²) in [6.45, 7) is 6.04. The largest absolute Gasteiger partial charge is 0.493 e. The fourth-order valence-corrected chi connectivity index (χ4v) is 3.64. The van der Waals surface area contributed by atoms with Crippen LogP contribution in [0, 0.1) is 6.92 Å². The zero-order valence-electron chi connectivity index (χ0n) is 19.3. The van der Waals surface area contributed by atoms with E-state index >= 15 is 0 Å². The molecule has 1 heterocycles. The highest BCUT2D eigenvalue weighted by molar-refractivity contribution is 5.79. The van der Waals surface area contributed by atoms with Crippen LogP contribution >= 0.6 is 0 Å². The Labute approximate surface area is 185 Å². The summed E-state index contributed by atoms with van der Waals surface area (Å²) < 4.78 is 13.9. The SMILES string of the molecule is CCCCNC(=NCc1cccc(OC)c1OC1CCCC1)NCc1nnc(C)n1C. The second-order valence-electron chi connectivity index (χ2n) is 7.99. The van der Waals surface area contributed by atoms with Gasteiger partial charge in [-0.15, -0.1) is 10.2 Å². The van der Waals surface area contributed by atoms with E-state index in [4.69, 9.17) is 14.5 Å². The number of aromatic nitrogens is 3. The van der Waals surface area contributed by atoms with Gasteiger partial charge in [0.15, 0.2) is 23.3 Å². The predicted molar refractivity (Wildman–Crippen MR) is 123 cm³/mol. The van der Waals surface area contributed by atoms with Crippen LogP contribution in [-0.4, -0.2) is 40.5 Å². The highest BCUT2D eigenvalue weighted by atomic mass is 16.5. The lowest BCUT2D eigenvalue weighted by molar-refractivity contribution is 0.198. The van der Waals surface area contributed by atoms with Gasteiger partial charge in [-0.2, -0.15) is 0 Å². The van der Waals surface area contributed by atoms with Crippen molar-refractivity contribution >= 4 is 5.96 Å². The van der Waals surface area contributed by atoms with Crippen LogP contribution in [0.15, 0.2) is 23.2 Å². The van der Waals surface area contributed by atoms with E-state index in [2.05, 4.69) is 33.8 Å². The molecule has 0 spiro atoms. The molecule has 0 saturated heterocycles. The van der Waals surface area contributed by atoms with Crippen molar-refractivity contribution in [2.45, 2.75) is 71.6 Å². The topological polar surface area (TPSA) is 85.6 Å². The number of unbranched alkanes of at least 4 members (excludes halogenated alkanes) is 1. The number of ether oxygens (including phenoxy) is 2. The number of aryl methyl sites for hydroxylation is 1. The first-order chi connectivity index (χ1) is 15.1. The molecule has 8 nitrogen and oxygen atoms in total. The van der Waals surface area contributed by atoms with Crippen molar-refractivity contribution in [2.24, 2.45) is 12.0 Å². The lowest BCUT2D eigenvalue weighted by Gasteiger charge is -2.19. The quantitative estimate of drug-likeness (QED) is 0.342. The van der Waals surface area contributed by atoms with E-state index in [1.807, 2.05) is 30.7 Å². The average molecular weight is 429 g/mol. The van der Waals surface area contributed by atoms with Gasteiger partial charge < -0.3 is 24.7 Å². The monoisotopic (exact) mass is 428 g/mol. The Balaban J connectivity index is 1.74. The molecule has 8 heteroatoms. The third-order valence-corrected chi connectivity index (χ3v) is 5.69. The number of nitrogens with zero attached hydrogens (tertiary/aromatic N) is 4. The van der Waals surface area contributed by atoms with Gasteiger partial charge >= 0.3 is 0 Å². The first-order valence-electron chi connectivity index (χ1n) is 11.3. The molecule has 0 aliphatic heterocycles. The maximum atomic E-state index is 6.35. The minimum Gasteiger partial charge on any atom is -0.493 e. The Morgan fingerprint density at radius 3 is 2.71 bits per heavy atom. The Morgan fingerprint density at radius 1 is 1.23 bits per heavy atom. The second kappa shape index (κ2) is 11.6. The Bertz CT molecular complexity index is 858. The molecule has 0 atom stereocenters. The van der Waals surface area contributed by atoms with Crippen LogP contribution in [-0.2, 0) is 20.1 Å². The van der Waals surface area contributed by atoms with Crippen molar-refractivity contribution in [1.82, 2.24) is 25.4 Å². The number of nitrogens with one attached hydrogen (secondary N) is 2. The molecule has 2 aromatic rings. The summed E-state index contributed by atoms with van der Waals surface area (Å²) in [5.41, 5.74) is 1.03. The van der Waals surface area contributed by atoms with Crippen molar-refractivity contribution in [1.29, 1.82) is 0 Å². The van der Waals surface area contributed by atoms with Crippen molar-refractivity contribution in [2.75, 3.05) is 13.7 Å². The minimum absolute atomic E-state index is 0.262. The van der Waals surface area contributed by atoms with Crippen molar-refractivity contribution in [3.8, 4) is 11.5 Å². The van der Waals surface area contributed by atoms with E-state index in [1.165, 1.54) is 12.8 Å². The molecule has 0 bridgehead atoms. The Hall–Kier alpha value is -2.77. The number of para-hydroxylation sites is 1. The van der Waals surface area contributed by atoms with E-state index in [-0.39, 0.29) is 6.10 Å². The van der Waals surface area contributed by atoms with Gasteiger partial charge in [-0.05, 0) is 45.1 Å². The molecule has 1 aliphatic rings. The zero-order chi connectivity index (χ0) is 22.1. The zero-order valence-corrected chi connectivity index (χ0v) is 19.3. The fourth-order valence-electron chi connectivity index (χ4n) is 3.64. The van der Waals surface area contributed by atoms with Crippen LogP contribution < -0.4 is 20.1 Å². The number of guanidine groups is 1. The number of aliphatic imine (C=N–C) groups is 1. The summed E-state index contributed by atoms with van der Waals surface area (Å²) in [5, 5.41) is 15.2. The number of methoxy groups -OCH3 is 1. The first-order valence-corrected chi connectivity index (χ1v) is 11.3. The normalized spacial score (nSPS) is 14.6. The Kier molecular flexibility index (Phi) is 8.55. The van der Waals surface area contributed by atoms with Gasteiger partial charge in [0.05, 0.1) is 26.3 Å². The molecular formula is C23H36N6O2. The third-order valence-electron chi connectivity index (χ3n) is 5.69. The summed E-state index contributed by atoms with van der Waals surface area (Å²) in [7, 11) is 3.66. The highest BCUT2D eigenvalue weighted by Gasteiger charge is 2.20. The van der Waals surface area contributed by atoms with Gasteiger partial charge in [0.1, 0.15) is 5.82 Å². The van der Waals surface area contributed by atoms with Crippen LogP contribution in [0.5, 0.6) is 11.5 Å². The van der Waals surface area contributed by atoms with Gasteiger partial charge in [0.25, 0.3) is 0 Å². The number of rotatable bonds is 10. The van der Waals surface area contributed by atoms with Gasteiger partial charge in [-0.1, -0.05) is 25.5 Å². The molecule has 0 amide bonds. The molecule has 0 unspecified atom stereocenters. The summed E-state index contributed by atoms with van der Waals surface area (Å²) in [4.78, 5) is 4.83. The average Bonchev–Trinajstić information content (AvgIpc) is 3.41. The van der Waals surface area contributed by atoms with Crippen LogP contribution in [0.3, 0.4) is 0 Å². The Morgan fingerprint density at radius 2 is 2.03 bits per heavy atom. The smallest absolute Gasteiger partial charge is 0.191 e. The van der Waals surface area contributed by atoms with Crippen molar-refractivity contribution in [3.63, 3.8) is 0 Å². The summed E-state index contributed by atoms with van der Waals surface area (Å²) in [5.74, 6) is 4.09. The maximum Gasteiger partial charge on any atom is 0.191 e. The molecule has 1 saturated carbocycles. The predicted octanol–water partition coefficient (Wildman–Crippen LogP) is 3.49. The lowest BCUT2D eigenvalue weighted by Crippen LogP contribution is -2.38.